The number of nitrogens with two attached hydrogens (primary N) is 1. The van der Waals surface area contributed by atoms with Gasteiger partial charge in [0.25, 0.3) is 0 Å². The van der Waals surface area contributed by atoms with Gasteiger partial charge in [-0.1, -0.05) is 19.1 Å². The quantitative estimate of drug-likeness (QED) is 0.855. The lowest BCUT2D eigenvalue weighted by molar-refractivity contribution is 0.597. The van der Waals surface area contributed by atoms with E-state index in [1.807, 2.05) is 18.3 Å². The molecule has 0 aliphatic heterocycles. The van der Waals surface area contributed by atoms with Gasteiger partial charge in [-0.15, -0.1) is 11.3 Å². The van der Waals surface area contributed by atoms with Crippen LogP contribution in [-0.4, -0.2) is 13.4 Å². The molecule has 0 atom stereocenters. The summed E-state index contributed by atoms with van der Waals surface area (Å²) >= 11 is 1.69. The molecule has 0 aliphatic rings. The average molecular weight is 311 g/mol. The number of sulfonamides is 1. The molecule has 0 spiro atoms. The maximum atomic E-state index is 11.0. The fourth-order valence-electron chi connectivity index (χ4n) is 1.73. The molecular formula is C13H17N3O2S2. The molecule has 7 heteroatoms. The largest absolute Gasteiger partial charge is 0.380 e. The highest BCUT2D eigenvalue weighted by Crippen LogP contribution is 2.16. The van der Waals surface area contributed by atoms with Crippen LogP contribution in [0, 0.1) is 0 Å². The van der Waals surface area contributed by atoms with Gasteiger partial charge in [0.1, 0.15) is 0 Å². The molecule has 0 unspecified atom stereocenters. The molecular weight excluding hydrogens is 294 g/mol. The molecule has 0 bridgehead atoms. The van der Waals surface area contributed by atoms with Gasteiger partial charge in [-0.05, 0) is 24.1 Å². The highest BCUT2D eigenvalue weighted by Gasteiger charge is 2.05. The van der Waals surface area contributed by atoms with E-state index in [9.17, 15) is 8.42 Å². The van der Waals surface area contributed by atoms with Crippen molar-refractivity contribution in [1.29, 1.82) is 0 Å². The number of benzene rings is 1. The number of primary sulfonamides is 1. The molecule has 2 aromatic rings. The van der Waals surface area contributed by atoms with Crippen molar-refractivity contribution >= 4 is 27.0 Å². The summed E-state index contributed by atoms with van der Waals surface area (Å²) in [6.45, 7) is 2.80. The molecule has 108 valence electrons. The number of nitrogens with zero attached hydrogens (tertiary/aromatic N) is 1. The molecule has 0 saturated carbocycles. The van der Waals surface area contributed by atoms with Crippen LogP contribution in [0.5, 0.6) is 0 Å². The summed E-state index contributed by atoms with van der Waals surface area (Å²) in [6, 6.07) is 7.22. The first-order valence-corrected chi connectivity index (χ1v) is 8.76. The van der Waals surface area contributed by atoms with Crippen LogP contribution in [0.3, 0.4) is 0 Å². The Balaban J connectivity index is 1.93. The zero-order valence-electron chi connectivity index (χ0n) is 11.2. The normalized spacial score (nSPS) is 11.5. The van der Waals surface area contributed by atoms with Crippen molar-refractivity contribution in [2.45, 2.75) is 25.6 Å². The minimum atomic E-state index is -3.47. The Morgan fingerprint density at radius 2 is 2.00 bits per heavy atom. The maximum absolute atomic E-state index is 11.0. The molecule has 2 rings (SSSR count). The number of anilines is 1. The molecule has 1 aromatic heterocycles. The fraction of sp³-hybridized carbons (Fsp3) is 0.308. The SMILES string of the molecule is CCc1ncc(CNc2ccc(CS(N)(=O)=O)cc2)s1. The smallest absolute Gasteiger partial charge is 0.213 e. The van der Waals surface area contributed by atoms with Gasteiger partial charge < -0.3 is 5.32 Å². The van der Waals surface area contributed by atoms with Crippen LogP contribution in [0.15, 0.2) is 30.5 Å². The summed E-state index contributed by atoms with van der Waals surface area (Å²) in [6.07, 6.45) is 2.83. The first-order chi connectivity index (χ1) is 9.46. The van der Waals surface area contributed by atoms with E-state index in [4.69, 9.17) is 5.14 Å². The van der Waals surface area contributed by atoms with Gasteiger partial charge in [-0.3, -0.25) is 0 Å². The number of rotatable bonds is 6. The summed E-state index contributed by atoms with van der Waals surface area (Å²) < 4.78 is 22.0. The van der Waals surface area contributed by atoms with Gasteiger partial charge in [0, 0.05) is 16.8 Å². The summed E-state index contributed by atoms with van der Waals surface area (Å²) in [4.78, 5) is 5.48. The Bertz CT molecular complexity index is 663. The highest BCUT2D eigenvalue weighted by atomic mass is 32.2. The van der Waals surface area contributed by atoms with E-state index in [1.54, 1.807) is 23.5 Å². The third kappa shape index (κ3) is 4.59. The number of aromatic nitrogens is 1. The van der Waals surface area contributed by atoms with E-state index in [0.717, 1.165) is 17.1 Å². The summed E-state index contributed by atoms with van der Waals surface area (Å²) in [5, 5.41) is 9.41. The van der Waals surface area contributed by atoms with Gasteiger partial charge in [0.05, 0.1) is 17.3 Å². The third-order valence-electron chi connectivity index (χ3n) is 2.69. The van der Waals surface area contributed by atoms with Crippen LogP contribution in [-0.2, 0) is 28.7 Å². The van der Waals surface area contributed by atoms with Crippen LogP contribution >= 0.6 is 11.3 Å². The van der Waals surface area contributed by atoms with Crippen molar-refractivity contribution in [3.05, 3.63) is 45.9 Å². The number of hydrogen-bond acceptors (Lipinski definition) is 5. The first-order valence-electron chi connectivity index (χ1n) is 6.23. The molecule has 1 heterocycles. The number of nitrogens with one attached hydrogen (secondary N) is 1. The Labute approximate surface area is 122 Å². The molecule has 3 N–H and O–H groups in total. The predicted octanol–water partition coefficient (Wildman–Crippen LogP) is 2.11. The Morgan fingerprint density at radius 1 is 1.30 bits per heavy atom. The second-order valence-corrected chi connectivity index (χ2v) is 7.25. The van der Waals surface area contributed by atoms with Gasteiger partial charge in [0.15, 0.2) is 0 Å². The number of thiazole rings is 1. The van der Waals surface area contributed by atoms with Crippen LogP contribution in [0.1, 0.15) is 22.4 Å². The molecule has 0 fully saturated rings. The van der Waals surface area contributed by atoms with Gasteiger partial charge in [-0.25, -0.2) is 18.5 Å². The van der Waals surface area contributed by atoms with Gasteiger partial charge in [-0.2, -0.15) is 0 Å². The van der Waals surface area contributed by atoms with E-state index in [0.29, 0.717) is 12.1 Å². The van der Waals surface area contributed by atoms with Crippen molar-refractivity contribution < 1.29 is 8.42 Å². The van der Waals surface area contributed by atoms with Crippen molar-refractivity contribution in [3.8, 4) is 0 Å². The lowest BCUT2D eigenvalue weighted by Crippen LogP contribution is -2.14. The summed E-state index contributed by atoms with van der Waals surface area (Å²) in [5.74, 6) is -0.137. The molecule has 20 heavy (non-hydrogen) atoms. The second kappa shape index (κ2) is 6.34. The minimum Gasteiger partial charge on any atom is -0.380 e. The zero-order chi connectivity index (χ0) is 14.6. The maximum Gasteiger partial charge on any atom is 0.213 e. The van der Waals surface area contributed by atoms with Crippen LogP contribution in [0.4, 0.5) is 5.69 Å². The Kier molecular flexibility index (Phi) is 4.74. The predicted molar refractivity (Wildman–Crippen MR) is 82.1 cm³/mol. The Morgan fingerprint density at radius 3 is 2.55 bits per heavy atom. The van der Waals surface area contributed by atoms with Crippen molar-refractivity contribution in [3.63, 3.8) is 0 Å². The van der Waals surface area contributed by atoms with Crippen LogP contribution in [0.25, 0.3) is 0 Å². The fourth-order valence-corrected chi connectivity index (χ4v) is 3.19. The molecule has 0 aliphatic carbocycles. The summed E-state index contributed by atoms with van der Waals surface area (Å²) in [7, 11) is -3.47. The third-order valence-corrected chi connectivity index (χ3v) is 4.57. The van der Waals surface area contributed by atoms with Gasteiger partial charge in [0.2, 0.25) is 10.0 Å². The van der Waals surface area contributed by atoms with E-state index in [2.05, 4.69) is 17.2 Å². The number of hydrogen-bond donors (Lipinski definition) is 2. The first kappa shape index (κ1) is 15.0. The zero-order valence-corrected chi connectivity index (χ0v) is 12.8. The second-order valence-electron chi connectivity index (χ2n) is 4.43. The average Bonchev–Trinajstić information content (AvgIpc) is 2.84. The molecule has 5 nitrogen and oxygen atoms in total. The lowest BCUT2D eigenvalue weighted by Gasteiger charge is -2.05. The Hall–Kier alpha value is -1.44. The monoisotopic (exact) mass is 311 g/mol. The van der Waals surface area contributed by atoms with Crippen LogP contribution in [0.2, 0.25) is 0 Å². The summed E-state index contributed by atoms with van der Waals surface area (Å²) in [5.41, 5.74) is 1.62. The molecule has 0 saturated heterocycles. The van der Waals surface area contributed by atoms with E-state index < -0.39 is 10.0 Å². The standard InChI is InChI=1S/C13H17N3O2S2/c1-2-13-16-8-12(19-13)7-15-11-5-3-10(4-6-11)9-20(14,17)18/h3-6,8,15H,2,7,9H2,1H3,(H2,14,17,18). The molecule has 0 radical (unpaired) electrons. The molecule has 0 amide bonds. The highest BCUT2D eigenvalue weighted by molar-refractivity contribution is 7.88. The van der Waals surface area contributed by atoms with E-state index in [-0.39, 0.29) is 5.75 Å². The van der Waals surface area contributed by atoms with E-state index in [1.165, 1.54) is 4.88 Å². The number of aryl methyl sites for hydroxylation is 1. The molecule has 1 aromatic carbocycles. The topological polar surface area (TPSA) is 85.1 Å². The van der Waals surface area contributed by atoms with Crippen molar-refractivity contribution in [2.24, 2.45) is 5.14 Å². The van der Waals surface area contributed by atoms with Gasteiger partial charge >= 0.3 is 0 Å². The lowest BCUT2D eigenvalue weighted by atomic mass is 10.2. The van der Waals surface area contributed by atoms with E-state index >= 15 is 0 Å². The minimum absolute atomic E-state index is 0.137. The van der Waals surface area contributed by atoms with Crippen molar-refractivity contribution in [1.82, 2.24) is 4.98 Å². The van der Waals surface area contributed by atoms with Crippen LogP contribution < -0.4 is 10.5 Å². The van der Waals surface area contributed by atoms with Crippen molar-refractivity contribution in [2.75, 3.05) is 5.32 Å².